The Morgan fingerprint density at radius 2 is 1.31 bits per heavy atom. The maximum absolute atomic E-state index is 12.5. The topological polar surface area (TPSA) is 77.5 Å². The van der Waals surface area contributed by atoms with Gasteiger partial charge < -0.3 is 4.18 Å². The second-order valence-electron chi connectivity index (χ2n) is 4.69. The van der Waals surface area contributed by atoms with Gasteiger partial charge in [0.15, 0.2) is 5.75 Å². The summed E-state index contributed by atoms with van der Waals surface area (Å²) in [5.74, 6) is -0.795. The van der Waals surface area contributed by atoms with Crippen LogP contribution in [-0.4, -0.2) is 27.9 Å². The van der Waals surface area contributed by atoms with E-state index in [1.54, 1.807) is 0 Å². The summed E-state index contributed by atoms with van der Waals surface area (Å²) < 4.78 is 124. The first-order chi connectivity index (χ1) is 11.7. The number of hydrogen-bond acceptors (Lipinski definition) is 5. The van der Waals surface area contributed by atoms with Gasteiger partial charge in [-0.2, -0.15) is 34.8 Å². The molecule has 0 amide bonds. The van der Waals surface area contributed by atoms with E-state index in [-0.39, 0.29) is 16.1 Å². The minimum Gasteiger partial charge on any atom is -0.375 e. The standard InChI is InChI=1S/C12H7F6O5PS2/c13-11(14,15)25(19,20)23-9-5-1-4-8-7(9)3-2-6-10(8)24-26(21,22)12(16,17)18/h1-6,24H. The molecule has 0 radical (unpaired) electrons. The molecule has 0 bridgehead atoms. The van der Waals surface area contributed by atoms with Gasteiger partial charge in [-0.1, -0.05) is 30.3 Å². The van der Waals surface area contributed by atoms with Gasteiger partial charge in [-0.05, 0) is 16.8 Å². The van der Waals surface area contributed by atoms with Gasteiger partial charge in [0.2, 0.25) is 0 Å². The van der Waals surface area contributed by atoms with Crippen molar-refractivity contribution in [1.29, 1.82) is 0 Å². The van der Waals surface area contributed by atoms with Gasteiger partial charge >= 0.3 is 21.1 Å². The van der Waals surface area contributed by atoms with Crippen molar-refractivity contribution in [3.05, 3.63) is 36.4 Å². The van der Waals surface area contributed by atoms with Crippen LogP contribution in [0.15, 0.2) is 36.4 Å². The molecule has 5 nitrogen and oxygen atoms in total. The number of halogens is 6. The van der Waals surface area contributed by atoms with Gasteiger partial charge in [0, 0.05) is 13.2 Å². The first kappa shape index (κ1) is 20.7. The van der Waals surface area contributed by atoms with Crippen LogP contribution in [0.5, 0.6) is 5.75 Å². The summed E-state index contributed by atoms with van der Waals surface area (Å²) >= 11 is 0. The van der Waals surface area contributed by atoms with Gasteiger partial charge in [-0.3, -0.25) is 0 Å². The van der Waals surface area contributed by atoms with E-state index < -0.39 is 44.1 Å². The lowest BCUT2D eigenvalue weighted by atomic mass is 10.1. The number of rotatable bonds is 4. The third kappa shape index (κ3) is 4.04. The second-order valence-corrected chi connectivity index (χ2v) is 10.7. The molecule has 2 rings (SSSR count). The Labute approximate surface area is 144 Å². The number of benzene rings is 2. The summed E-state index contributed by atoms with van der Waals surface area (Å²) in [6.45, 7) is 0. The fourth-order valence-corrected chi connectivity index (χ4v) is 4.93. The highest BCUT2D eigenvalue weighted by Crippen LogP contribution is 2.39. The SMILES string of the molecule is O=S(=O)(Oc1cccc2c(PS(=O)(=O)C(F)(F)F)cccc12)C(F)(F)F. The van der Waals surface area contributed by atoms with E-state index in [4.69, 9.17) is 0 Å². The lowest BCUT2D eigenvalue weighted by Gasteiger charge is -2.13. The van der Waals surface area contributed by atoms with Gasteiger partial charge in [-0.25, -0.2) is 8.42 Å². The third-order valence-corrected chi connectivity index (χ3v) is 7.57. The first-order valence-corrected chi connectivity index (χ1v) is 10.9. The Morgan fingerprint density at radius 1 is 0.769 bits per heavy atom. The van der Waals surface area contributed by atoms with Crippen molar-refractivity contribution in [3.63, 3.8) is 0 Å². The summed E-state index contributed by atoms with van der Waals surface area (Å²) in [5.41, 5.74) is -11.2. The predicted octanol–water partition coefficient (Wildman–Crippen LogP) is 3.22. The Kier molecular flexibility index (Phi) is 5.21. The molecular weight excluding hydrogens is 433 g/mol. The van der Waals surface area contributed by atoms with E-state index in [1.165, 1.54) is 0 Å². The molecule has 0 spiro atoms. The normalized spacial score (nSPS) is 14.2. The minimum absolute atomic E-state index is 0.187. The molecule has 26 heavy (non-hydrogen) atoms. The fraction of sp³-hybridized carbons (Fsp3) is 0.167. The zero-order chi connectivity index (χ0) is 20.0. The maximum Gasteiger partial charge on any atom is 0.534 e. The number of fused-ring (bicyclic) bond motifs is 1. The summed E-state index contributed by atoms with van der Waals surface area (Å²) in [6, 6.07) is 6.21. The quantitative estimate of drug-likeness (QED) is 0.316. The summed E-state index contributed by atoms with van der Waals surface area (Å²) in [4.78, 5) is 0. The van der Waals surface area contributed by atoms with Crippen molar-refractivity contribution in [3.8, 4) is 5.75 Å². The minimum atomic E-state index is -6.01. The van der Waals surface area contributed by atoms with Crippen LogP contribution in [0, 0.1) is 0 Å². The van der Waals surface area contributed by atoms with E-state index in [1.807, 2.05) is 0 Å². The second kappa shape index (κ2) is 6.54. The van der Waals surface area contributed by atoms with Crippen molar-refractivity contribution < 1.29 is 47.4 Å². The fourth-order valence-electron chi connectivity index (χ4n) is 1.81. The van der Waals surface area contributed by atoms with Crippen molar-refractivity contribution in [1.82, 2.24) is 0 Å². The Morgan fingerprint density at radius 3 is 1.85 bits per heavy atom. The molecule has 1 unspecified atom stereocenters. The summed E-state index contributed by atoms with van der Waals surface area (Å²) in [6.07, 6.45) is 0. The van der Waals surface area contributed by atoms with Crippen molar-refractivity contribution >= 4 is 43.4 Å². The van der Waals surface area contributed by atoms with Crippen LogP contribution < -0.4 is 9.49 Å². The summed E-state index contributed by atoms with van der Waals surface area (Å²) in [7, 11) is -13.3. The molecule has 0 fully saturated rings. The van der Waals surface area contributed by atoms with Gasteiger partial charge in [0.1, 0.15) is 0 Å². The van der Waals surface area contributed by atoms with E-state index in [0.717, 1.165) is 36.4 Å². The van der Waals surface area contributed by atoms with Crippen LogP contribution in [0.25, 0.3) is 10.8 Å². The van der Waals surface area contributed by atoms with Gasteiger partial charge in [-0.15, -0.1) is 0 Å². The Balaban J connectivity index is 2.57. The van der Waals surface area contributed by atoms with Crippen LogP contribution in [0.3, 0.4) is 0 Å². The largest absolute Gasteiger partial charge is 0.534 e. The molecule has 0 aliphatic rings. The Bertz CT molecular complexity index is 959. The molecule has 144 valence electrons. The Hall–Kier alpha value is -1.59. The molecule has 0 saturated heterocycles. The van der Waals surface area contributed by atoms with Gasteiger partial charge in [0.05, 0.1) is 0 Å². The maximum atomic E-state index is 12.5. The number of hydrogen-bond donors (Lipinski definition) is 0. The van der Waals surface area contributed by atoms with E-state index in [2.05, 4.69) is 4.18 Å². The van der Waals surface area contributed by atoms with Crippen LogP contribution in [-0.2, 0) is 19.6 Å². The van der Waals surface area contributed by atoms with Crippen LogP contribution >= 0.6 is 7.78 Å². The highest BCUT2D eigenvalue weighted by molar-refractivity contribution is 8.46. The molecule has 0 heterocycles. The lowest BCUT2D eigenvalue weighted by molar-refractivity contribution is -0.0499. The van der Waals surface area contributed by atoms with E-state index in [0.29, 0.717) is 0 Å². The highest BCUT2D eigenvalue weighted by Gasteiger charge is 2.49. The predicted molar refractivity (Wildman–Crippen MR) is 82.5 cm³/mol. The number of alkyl halides is 6. The molecule has 1 atom stereocenters. The smallest absolute Gasteiger partial charge is 0.375 e. The monoisotopic (exact) mass is 440 g/mol. The van der Waals surface area contributed by atoms with Crippen molar-refractivity contribution in [2.75, 3.05) is 0 Å². The molecule has 2 aromatic rings. The molecular formula is C12H7F6O5PS2. The average molecular weight is 440 g/mol. The summed E-state index contributed by atoms with van der Waals surface area (Å²) in [5, 5.41) is -0.828. The van der Waals surface area contributed by atoms with Crippen molar-refractivity contribution in [2.45, 2.75) is 11.0 Å². The molecule has 0 N–H and O–H groups in total. The highest BCUT2D eigenvalue weighted by atomic mass is 32.8. The van der Waals surface area contributed by atoms with Crippen molar-refractivity contribution in [2.24, 2.45) is 0 Å². The van der Waals surface area contributed by atoms with Crippen LogP contribution in [0.2, 0.25) is 0 Å². The molecule has 14 heteroatoms. The van der Waals surface area contributed by atoms with Crippen LogP contribution in [0.4, 0.5) is 26.3 Å². The van der Waals surface area contributed by atoms with Gasteiger partial charge in [0.25, 0.3) is 9.46 Å². The first-order valence-electron chi connectivity index (χ1n) is 6.27. The lowest BCUT2D eigenvalue weighted by Crippen LogP contribution is -2.28. The average Bonchev–Trinajstić information content (AvgIpc) is 2.45. The van der Waals surface area contributed by atoms with E-state index >= 15 is 0 Å². The molecule has 0 aromatic heterocycles. The zero-order valence-electron chi connectivity index (χ0n) is 12.1. The third-order valence-electron chi connectivity index (χ3n) is 2.91. The van der Waals surface area contributed by atoms with E-state index in [9.17, 15) is 43.2 Å². The molecule has 0 aliphatic heterocycles. The van der Waals surface area contributed by atoms with Crippen LogP contribution in [0.1, 0.15) is 0 Å². The molecule has 0 saturated carbocycles. The zero-order valence-corrected chi connectivity index (χ0v) is 14.7. The molecule has 2 aromatic carbocycles. The molecule has 0 aliphatic carbocycles.